The fourth-order valence-electron chi connectivity index (χ4n) is 1.90. The molecule has 4 nitrogen and oxygen atoms in total. The molecule has 0 aliphatic heterocycles. The summed E-state index contributed by atoms with van der Waals surface area (Å²) in [5, 5.41) is 22.8. The van der Waals surface area contributed by atoms with Crippen molar-refractivity contribution >= 4 is 0 Å². The van der Waals surface area contributed by atoms with Gasteiger partial charge in [-0.05, 0) is 25.5 Å². The Kier molecular flexibility index (Phi) is 6.84. The molecule has 19 heavy (non-hydrogen) atoms. The van der Waals surface area contributed by atoms with Crippen LogP contribution in [-0.4, -0.2) is 41.6 Å². The summed E-state index contributed by atoms with van der Waals surface area (Å²) in [7, 11) is 0. The minimum absolute atomic E-state index is 0.243. The van der Waals surface area contributed by atoms with Crippen molar-refractivity contribution < 1.29 is 14.9 Å². The number of nitrogens with one attached hydrogen (secondary N) is 1. The highest BCUT2D eigenvalue weighted by Gasteiger charge is 2.18. The number of benzene rings is 1. The van der Waals surface area contributed by atoms with E-state index in [1.165, 1.54) is 0 Å². The highest BCUT2D eigenvalue weighted by molar-refractivity contribution is 5.20. The van der Waals surface area contributed by atoms with Crippen molar-refractivity contribution in [3.8, 4) is 5.75 Å². The van der Waals surface area contributed by atoms with Crippen molar-refractivity contribution in [1.29, 1.82) is 0 Å². The maximum Gasteiger partial charge on any atom is 0.119 e. The van der Waals surface area contributed by atoms with Crippen LogP contribution in [0.4, 0.5) is 0 Å². The van der Waals surface area contributed by atoms with E-state index in [9.17, 15) is 10.2 Å². The van der Waals surface area contributed by atoms with E-state index in [1.807, 2.05) is 37.3 Å². The second-order valence-electron chi connectivity index (χ2n) is 5.16. The fourth-order valence-corrected chi connectivity index (χ4v) is 1.90. The van der Waals surface area contributed by atoms with E-state index in [4.69, 9.17) is 4.74 Å². The van der Waals surface area contributed by atoms with Gasteiger partial charge in [0.15, 0.2) is 0 Å². The summed E-state index contributed by atoms with van der Waals surface area (Å²) in [5.41, 5.74) is -0.714. The van der Waals surface area contributed by atoms with Crippen LogP contribution in [0.5, 0.6) is 5.75 Å². The van der Waals surface area contributed by atoms with Crippen molar-refractivity contribution in [3.63, 3.8) is 0 Å². The van der Waals surface area contributed by atoms with E-state index in [0.29, 0.717) is 13.1 Å². The first-order chi connectivity index (χ1) is 9.03. The second-order valence-corrected chi connectivity index (χ2v) is 5.16. The lowest BCUT2D eigenvalue weighted by Gasteiger charge is -2.24. The monoisotopic (exact) mass is 267 g/mol. The number of hydrogen-bond donors (Lipinski definition) is 3. The van der Waals surface area contributed by atoms with Gasteiger partial charge in [-0.1, -0.05) is 31.5 Å². The van der Waals surface area contributed by atoms with E-state index >= 15 is 0 Å². The summed E-state index contributed by atoms with van der Waals surface area (Å²) < 4.78 is 5.45. The molecule has 2 atom stereocenters. The summed E-state index contributed by atoms with van der Waals surface area (Å²) >= 11 is 0. The van der Waals surface area contributed by atoms with Crippen LogP contribution in [0, 0.1) is 0 Å². The van der Waals surface area contributed by atoms with E-state index in [2.05, 4.69) is 5.32 Å². The molecule has 1 rings (SSSR count). The number of para-hydroxylation sites is 1. The third kappa shape index (κ3) is 7.15. The van der Waals surface area contributed by atoms with Gasteiger partial charge in [0.2, 0.25) is 0 Å². The third-order valence-corrected chi connectivity index (χ3v) is 2.86. The maximum absolute atomic E-state index is 9.96. The highest BCUT2D eigenvalue weighted by atomic mass is 16.5. The molecule has 0 radical (unpaired) electrons. The number of aliphatic hydroxyl groups is 2. The molecular weight excluding hydrogens is 242 g/mol. The molecule has 0 fully saturated rings. The summed E-state index contributed by atoms with van der Waals surface area (Å²) in [6, 6.07) is 9.41. The van der Waals surface area contributed by atoms with Crippen LogP contribution >= 0.6 is 0 Å². The summed E-state index contributed by atoms with van der Waals surface area (Å²) in [6.45, 7) is 4.97. The van der Waals surface area contributed by atoms with Crippen molar-refractivity contribution in [2.45, 2.75) is 38.4 Å². The van der Waals surface area contributed by atoms with Gasteiger partial charge in [-0.2, -0.15) is 0 Å². The van der Waals surface area contributed by atoms with Gasteiger partial charge in [0, 0.05) is 13.1 Å². The molecule has 2 unspecified atom stereocenters. The lowest BCUT2D eigenvalue weighted by Crippen LogP contribution is -2.41. The smallest absolute Gasteiger partial charge is 0.119 e. The minimum Gasteiger partial charge on any atom is -0.491 e. The van der Waals surface area contributed by atoms with Gasteiger partial charge in [0.1, 0.15) is 18.5 Å². The Morgan fingerprint density at radius 1 is 1.32 bits per heavy atom. The standard InChI is InChI=1S/C15H25NO3/c1-3-9-15(2,18)12-16-10-13(17)11-19-14-7-5-4-6-8-14/h4-8,13,16-18H,3,9-12H2,1-2H3. The van der Waals surface area contributed by atoms with Crippen molar-refractivity contribution in [2.75, 3.05) is 19.7 Å². The molecular formula is C15H25NO3. The zero-order valence-electron chi connectivity index (χ0n) is 11.8. The van der Waals surface area contributed by atoms with E-state index in [1.54, 1.807) is 6.92 Å². The molecule has 1 aromatic rings. The molecule has 0 spiro atoms. The predicted molar refractivity (Wildman–Crippen MR) is 76.3 cm³/mol. The largest absolute Gasteiger partial charge is 0.491 e. The first-order valence-electron chi connectivity index (χ1n) is 6.82. The number of hydrogen-bond acceptors (Lipinski definition) is 4. The molecule has 0 saturated carbocycles. The van der Waals surface area contributed by atoms with Gasteiger partial charge in [-0.25, -0.2) is 0 Å². The van der Waals surface area contributed by atoms with Gasteiger partial charge in [0.25, 0.3) is 0 Å². The van der Waals surface area contributed by atoms with Gasteiger partial charge in [-0.3, -0.25) is 0 Å². The molecule has 0 aromatic heterocycles. The quantitative estimate of drug-likeness (QED) is 0.635. The maximum atomic E-state index is 9.96. The number of aliphatic hydroxyl groups excluding tert-OH is 1. The Bertz CT molecular complexity index is 341. The van der Waals surface area contributed by atoms with E-state index in [0.717, 1.165) is 18.6 Å². The average Bonchev–Trinajstić information content (AvgIpc) is 2.37. The van der Waals surface area contributed by atoms with Gasteiger partial charge in [-0.15, -0.1) is 0 Å². The lowest BCUT2D eigenvalue weighted by atomic mass is 10.0. The Hall–Kier alpha value is -1.10. The third-order valence-electron chi connectivity index (χ3n) is 2.86. The molecule has 3 N–H and O–H groups in total. The zero-order valence-corrected chi connectivity index (χ0v) is 11.8. The molecule has 0 amide bonds. The molecule has 0 bridgehead atoms. The van der Waals surface area contributed by atoms with Crippen LogP contribution in [-0.2, 0) is 0 Å². The topological polar surface area (TPSA) is 61.7 Å². The lowest BCUT2D eigenvalue weighted by molar-refractivity contribution is 0.0427. The molecule has 4 heteroatoms. The fraction of sp³-hybridized carbons (Fsp3) is 0.600. The van der Waals surface area contributed by atoms with Crippen molar-refractivity contribution in [2.24, 2.45) is 0 Å². The zero-order chi connectivity index (χ0) is 14.1. The first kappa shape index (κ1) is 16.0. The molecule has 0 aliphatic carbocycles. The minimum atomic E-state index is -0.714. The van der Waals surface area contributed by atoms with Crippen LogP contribution in [0.15, 0.2) is 30.3 Å². The number of ether oxygens (including phenoxy) is 1. The Morgan fingerprint density at radius 3 is 2.63 bits per heavy atom. The van der Waals surface area contributed by atoms with E-state index in [-0.39, 0.29) is 6.61 Å². The predicted octanol–water partition coefficient (Wildman–Crippen LogP) is 1.57. The Labute approximate surface area is 115 Å². The van der Waals surface area contributed by atoms with Crippen LogP contribution in [0.3, 0.4) is 0 Å². The van der Waals surface area contributed by atoms with Crippen LogP contribution in [0.2, 0.25) is 0 Å². The SMILES string of the molecule is CCCC(C)(O)CNCC(O)COc1ccccc1. The first-order valence-corrected chi connectivity index (χ1v) is 6.82. The molecule has 0 saturated heterocycles. The average molecular weight is 267 g/mol. The van der Waals surface area contributed by atoms with Gasteiger partial charge >= 0.3 is 0 Å². The summed E-state index contributed by atoms with van der Waals surface area (Å²) in [5.74, 6) is 0.750. The van der Waals surface area contributed by atoms with Crippen LogP contribution in [0.1, 0.15) is 26.7 Å². The van der Waals surface area contributed by atoms with Crippen LogP contribution in [0.25, 0.3) is 0 Å². The number of rotatable bonds is 9. The molecule has 0 aliphatic rings. The Balaban J connectivity index is 2.16. The second kappa shape index (κ2) is 8.15. The summed E-state index contributed by atoms with van der Waals surface area (Å²) in [4.78, 5) is 0. The van der Waals surface area contributed by atoms with Crippen molar-refractivity contribution in [1.82, 2.24) is 5.32 Å². The van der Waals surface area contributed by atoms with Crippen molar-refractivity contribution in [3.05, 3.63) is 30.3 Å². The van der Waals surface area contributed by atoms with Gasteiger partial charge in [0.05, 0.1) is 5.60 Å². The molecule has 1 aromatic carbocycles. The molecule has 108 valence electrons. The normalized spacial score (nSPS) is 15.8. The highest BCUT2D eigenvalue weighted by Crippen LogP contribution is 2.10. The van der Waals surface area contributed by atoms with Crippen LogP contribution < -0.4 is 10.1 Å². The van der Waals surface area contributed by atoms with Gasteiger partial charge < -0.3 is 20.3 Å². The summed E-state index contributed by atoms with van der Waals surface area (Å²) in [6.07, 6.45) is 1.10. The van der Waals surface area contributed by atoms with E-state index < -0.39 is 11.7 Å². The Morgan fingerprint density at radius 2 is 2.00 bits per heavy atom. The molecule has 0 heterocycles.